The Kier molecular flexibility index (Phi) is 4.54. The van der Waals surface area contributed by atoms with E-state index < -0.39 is 0 Å². The maximum atomic E-state index is 5.23. The van der Waals surface area contributed by atoms with Crippen molar-refractivity contribution in [1.29, 1.82) is 0 Å². The van der Waals surface area contributed by atoms with Gasteiger partial charge in [0, 0.05) is 20.2 Å². The van der Waals surface area contributed by atoms with Crippen LogP contribution in [0.4, 0.5) is 5.95 Å². The van der Waals surface area contributed by atoms with E-state index >= 15 is 0 Å². The lowest BCUT2D eigenvalue weighted by molar-refractivity contribution is 0.112. The number of methoxy groups -OCH3 is 1. The molecule has 2 N–H and O–H groups in total. The van der Waals surface area contributed by atoms with Gasteiger partial charge in [-0.1, -0.05) is 0 Å². The fourth-order valence-electron chi connectivity index (χ4n) is 2.33. The van der Waals surface area contributed by atoms with Crippen molar-refractivity contribution in [2.45, 2.75) is 25.9 Å². The van der Waals surface area contributed by atoms with Crippen molar-refractivity contribution in [3.05, 3.63) is 5.82 Å². The molecular weight excluding hydrogens is 230 g/mol. The minimum Gasteiger partial charge on any atom is -0.374 e. The Morgan fingerprint density at radius 1 is 1.50 bits per heavy atom. The molecule has 0 radical (unpaired) electrons. The van der Waals surface area contributed by atoms with Gasteiger partial charge in [-0.15, -0.1) is 5.10 Å². The van der Waals surface area contributed by atoms with Crippen molar-refractivity contribution in [2.75, 3.05) is 38.7 Å². The van der Waals surface area contributed by atoms with E-state index in [-0.39, 0.29) is 6.10 Å². The molecule has 1 unspecified atom stereocenters. The molecule has 102 valence electrons. The van der Waals surface area contributed by atoms with E-state index in [4.69, 9.17) is 4.74 Å². The van der Waals surface area contributed by atoms with Crippen LogP contribution >= 0.6 is 0 Å². The van der Waals surface area contributed by atoms with E-state index in [0.717, 1.165) is 37.3 Å². The largest absolute Gasteiger partial charge is 0.374 e. The standard InChI is InChI=1S/C12H23N5O/c1-9(18-3)11-14-12(16-15-11)17-6-4-10(5-7-17)8-13-2/h9-10,13H,4-8H2,1-3H3,(H,14,15,16). The molecular formula is C12H23N5O. The first-order chi connectivity index (χ1) is 8.74. The van der Waals surface area contributed by atoms with Crippen LogP contribution in [0.1, 0.15) is 31.7 Å². The van der Waals surface area contributed by atoms with E-state index in [2.05, 4.69) is 25.4 Å². The second-order valence-corrected chi connectivity index (χ2v) is 4.89. The molecule has 1 saturated heterocycles. The smallest absolute Gasteiger partial charge is 0.244 e. The third-order valence-electron chi connectivity index (χ3n) is 3.62. The molecule has 1 atom stereocenters. The van der Waals surface area contributed by atoms with Gasteiger partial charge in [0.05, 0.1) is 0 Å². The van der Waals surface area contributed by atoms with Gasteiger partial charge < -0.3 is 15.0 Å². The molecule has 0 saturated carbocycles. The monoisotopic (exact) mass is 253 g/mol. The van der Waals surface area contributed by atoms with E-state index in [1.54, 1.807) is 7.11 Å². The van der Waals surface area contributed by atoms with Gasteiger partial charge in [-0.3, -0.25) is 5.10 Å². The molecule has 1 fully saturated rings. The van der Waals surface area contributed by atoms with Crippen LogP contribution in [0.2, 0.25) is 0 Å². The average molecular weight is 253 g/mol. The number of nitrogens with zero attached hydrogens (tertiary/aromatic N) is 3. The van der Waals surface area contributed by atoms with Crippen molar-refractivity contribution < 1.29 is 4.74 Å². The molecule has 0 aliphatic carbocycles. The highest BCUT2D eigenvalue weighted by molar-refractivity contribution is 5.29. The molecule has 1 aromatic heterocycles. The first-order valence-electron chi connectivity index (χ1n) is 6.59. The van der Waals surface area contributed by atoms with Gasteiger partial charge in [-0.05, 0) is 39.3 Å². The minimum atomic E-state index is -0.0342. The number of rotatable bonds is 5. The van der Waals surface area contributed by atoms with Crippen LogP contribution in [-0.2, 0) is 4.74 Å². The Morgan fingerprint density at radius 2 is 2.22 bits per heavy atom. The van der Waals surface area contributed by atoms with Crippen LogP contribution in [0.15, 0.2) is 0 Å². The van der Waals surface area contributed by atoms with Gasteiger partial charge >= 0.3 is 0 Å². The fourth-order valence-corrected chi connectivity index (χ4v) is 2.33. The topological polar surface area (TPSA) is 66.1 Å². The van der Waals surface area contributed by atoms with Crippen molar-refractivity contribution in [2.24, 2.45) is 5.92 Å². The molecule has 6 heteroatoms. The summed E-state index contributed by atoms with van der Waals surface area (Å²) in [5, 5.41) is 10.5. The number of hydrogen-bond acceptors (Lipinski definition) is 5. The molecule has 18 heavy (non-hydrogen) atoms. The lowest BCUT2D eigenvalue weighted by Gasteiger charge is -2.31. The summed E-state index contributed by atoms with van der Waals surface area (Å²) in [6, 6.07) is 0. The summed E-state index contributed by atoms with van der Waals surface area (Å²) >= 11 is 0. The highest BCUT2D eigenvalue weighted by Crippen LogP contribution is 2.21. The molecule has 2 heterocycles. The Bertz CT molecular complexity index is 359. The van der Waals surface area contributed by atoms with Gasteiger partial charge in [0.2, 0.25) is 5.95 Å². The number of H-pyrrole nitrogens is 1. The highest BCUT2D eigenvalue weighted by atomic mass is 16.5. The molecule has 0 spiro atoms. The van der Waals surface area contributed by atoms with Crippen molar-refractivity contribution in [3.63, 3.8) is 0 Å². The third-order valence-corrected chi connectivity index (χ3v) is 3.62. The molecule has 1 aliphatic rings. The molecule has 0 aromatic carbocycles. The van der Waals surface area contributed by atoms with Crippen LogP contribution < -0.4 is 10.2 Å². The number of piperidine rings is 1. The minimum absolute atomic E-state index is 0.0342. The molecule has 1 aliphatic heterocycles. The van der Waals surface area contributed by atoms with Gasteiger partial charge in [0.15, 0.2) is 5.82 Å². The number of ether oxygens (including phenoxy) is 1. The summed E-state index contributed by atoms with van der Waals surface area (Å²) in [6.07, 6.45) is 2.36. The van der Waals surface area contributed by atoms with Gasteiger partial charge in [-0.25, -0.2) is 0 Å². The number of nitrogens with one attached hydrogen (secondary N) is 2. The number of hydrogen-bond donors (Lipinski definition) is 2. The zero-order valence-electron chi connectivity index (χ0n) is 11.4. The maximum absolute atomic E-state index is 5.23. The lowest BCUT2D eigenvalue weighted by Crippen LogP contribution is -2.37. The third kappa shape index (κ3) is 3.00. The summed E-state index contributed by atoms with van der Waals surface area (Å²) in [5.41, 5.74) is 0. The van der Waals surface area contributed by atoms with Crippen LogP contribution in [0.3, 0.4) is 0 Å². The fraction of sp³-hybridized carbons (Fsp3) is 0.833. The summed E-state index contributed by atoms with van der Waals surface area (Å²) < 4.78 is 5.23. The normalized spacial score (nSPS) is 19.2. The zero-order chi connectivity index (χ0) is 13.0. The predicted octanol–water partition coefficient (Wildman–Crippen LogP) is 0.948. The Balaban J connectivity index is 1.91. The maximum Gasteiger partial charge on any atom is 0.244 e. The highest BCUT2D eigenvalue weighted by Gasteiger charge is 2.22. The van der Waals surface area contributed by atoms with Crippen LogP contribution in [0.25, 0.3) is 0 Å². The van der Waals surface area contributed by atoms with Crippen LogP contribution in [0.5, 0.6) is 0 Å². The average Bonchev–Trinajstić information content (AvgIpc) is 2.89. The van der Waals surface area contributed by atoms with Crippen molar-refractivity contribution in [3.8, 4) is 0 Å². The Labute approximate surface area is 108 Å². The number of aromatic nitrogens is 3. The van der Waals surface area contributed by atoms with Crippen LogP contribution in [0, 0.1) is 5.92 Å². The summed E-state index contributed by atoms with van der Waals surface area (Å²) in [4.78, 5) is 6.74. The molecule has 0 bridgehead atoms. The SMILES string of the molecule is CNCC1CCN(c2n[nH]c(C(C)OC)n2)CC1. The van der Waals surface area contributed by atoms with Gasteiger partial charge in [0.1, 0.15) is 6.10 Å². The second kappa shape index (κ2) is 6.15. The molecule has 1 aromatic rings. The molecule has 2 rings (SSSR count). The summed E-state index contributed by atoms with van der Waals surface area (Å²) in [5.74, 6) is 2.38. The van der Waals surface area contributed by atoms with Crippen LogP contribution in [-0.4, -0.2) is 49.0 Å². The second-order valence-electron chi connectivity index (χ2n) is 4.89. The first kappa shape index (κ1) is 13.3. The summed E-state index contributed by atoms with van der Waals surface area (Å²) in [6.45, 7) is 5.13. The lowest BCUT2D eigenvalue weighted by atomic mass is 9.97. The quantitative estimate of drug-likeness (QED) is 0.818. The molecule has 6 nitrogen and oxygen atoms in total. The van der Waals surface area contributed by atoms with Gasteiger partial charge in [-0.2, -0.15) is 4.98 Å². The Morgan fingerprint density at radius 3 is 2.83 bits per heavy atom. The van der Waals surface area contributed by atoms with E-state index in [1.165, 1.54) is 12.8 Å². The van der Waals surface area contributed by atoms with E-state index in [9.17, 15) is 0 Å². The number of anilines is 1. The number of aromatic amines is 1. The molecule has 0 amide bonds. The van der Waals surface area contributed by atoms with Crippen molar-refractivity contribution >= 4 is 5.95 Å². The predicted molar refractivity (Wildman–Crippen MR) is 70.7 cm³/mol. The Hall–Kier alpha value is -1.14. The summed E-state index contributed by atoms with van der Waals surface area (Å²) in [7, 11) is 3.69. The van der Waals surface area contributed by atoms with Crippen molar-refractivity contribution in [1.82, 2.24) is 20.5 Å². The van der Waals surface area contributed by atoms with E-state index in [1.807, 2.05) is 14.0 Å². The van der Waals surface area contributed by atoms with Gasteiger partial charge in [0.25, 0.3) is 0 Å². The van der Waals surface area contributed by atoms with E-state index in [0.29, 0.717) is 0 Å². The first-order valence-corrected chi connectivity index (χ1v) is 6.59. The zero-order valence-corrected chi connectivity index (χ0v) is 11.4.